The van der Waals surface area contributed by atoms with Crippen molar-refractivity contribution in [3.05, 3.63) is 34.9 Å². The number of methoxy groups -OCH3 is 1. The zero-order valence-electron chi connectivity index (χ0n) is 13.0. The summed E-state index contributed by atoms with van der Waals surface area (Å²) in [5, 5.41) is 0. The summed E-state index contributed by atoms with van der Waals surface area (Å²) in [6.07, 6.45) is 2.85. The predicted molar refractivity (Wildman–Crippen MR) is 81.8 cm³/mol. The summed E-state index contributed by atoms with van der Waals surface area (Å²) in [5.41, 5.74) is 7.43. The normalized spacial score (nSPS) is 11.5. The zero-order chi connectivity index (χ0) is 16.2. The molecule has 0 heterocycles. The van der Waals surface area contributed by atoms with Gasteiger partial charge in [-0.1, -0.05) is 0 Å². The maximum absolute atomic E-state index is 11.7. The molecule has 0 aromatic heterocycles. The Morgan fingerprint density at radius 2 is 1.86 bits per heavy atom. The van der Waals surface area contributed by atoms with Crippen LogP contribution in [-0.4, -0.2) is 24.6 Å². The molecule has 0 radical (unpaired) electrons. The van der Waals surface area contributed by atoms with Crippen molar-refractivity contribution in [3.63, 3.8) is 0 Å². The lowest BCUT2D eigenvalue weighted by Gasteiger charge is -2.17. The number of ether oxygens (including phenoxy) is 2. The molecule has 0 saturated heterocycles. The summed E-state index contributed by atoms with van der Waals surface area (Å²) in [7, 11) is 1.31. The van der Waals surface area contributed by atoms with Crippen LogP contribution < -0.4 is 5.73 Å². The second kappa shape index (κ2) is 6.43. The van der Waals surface area contributed by atoms with Gasteiger partial charge in [0.25, 0.3) is 0 Å². The molecule has 0 amide bonds. The van der Waals surface area contributed by atoms with Crippen molar-refractivity contribution >= 4 is 23.7 Å². The molecule has 0 aliphatic carbocycles. The largest absolute Gasteiger partial charge is 0.465 e. The second-order valence-corrected chi connectivity index (χ2v) is 5.64. The van der Waals surface area contributed by atoms with E-state index in [1.807, 2.05) is 0 Å². The number of hydrogen-bond donors (Lipinski definition) is 1. The molecule has 0 aliphatic heterocycles. The molecular weight excluding hydrogens is 270 g/mol. The Morgan fingerprint density at radius 3 is 2.38 bits per heavy atom. The van der Waals surface area contributed by atoms with Crippen LogP contribution in [0.15, 0.2) is 18.2 Å². The molecule has 1 aromatic carbocycles. The lowest BCUT2D eigenvalue weighted by Crippen LogP contribution is -2.22. The quantitative estimate of drug-likeness (QED) is 0.526. The van der Waals surface area contributed by atoms with Gasteiger partial charge in [-0.05, 0) is 57.0 Å². The van der Waals surface area contributed by atoms with Gasteiger partial charge in [-0.15, -0.1) is 0 Å². The molecule has 0 aliphatic rings. The number of rotatable bonds is 3. The smallest absolute Gasteiger partial charge is 0.338 e. The number of nitrogens with two attached hydrogens (primary N) is 1. The molecule has 21 heavy (non-hydrogen) atoms. The fourth-order valence-corrected chi connectivity index (χ4v) is 1.68. The highest BCUT2D eigenvalue weighted by Crippen LogP contribution is 2.21. The Bertz CT molecular complexity index is 583. The van der Waals surface area contributed by atoms with Crippen LogP contribution in [0.5, 0.6) is 0 Å². The Balaban J connectivity index is 3.02. The van der Waals surface area contributed by atoms with E-state index < -0.39 is 17.5 Å². The van der Waals surface area contributed by atoms with Crippen molar-refractivity contribution in [2.45, 2.75) is 33.3 Å². The molecule has 0 bridgehead atoms. The van der Waals surface area contributed by atoms with Gasteiger partial charge >= 0.3 is 11.9 Å². The Hall–Kier alpha value is -2.30. The average molecular weight is 291 g/mol. The van der Waals surface area contributed by atoms with E-state index >= 15 is 0 Å². The third-order valence-corrected chi connectivity index (χ3v) is 2.69. The molecule has 2 N–H and O–H groups in total. The molecule has 5 nitrogen and oxygen atoms in total. The fourth-order valence-electron chi connectivity index (χ4n) is 1.68. The van der Waals surface area contributed by atoms with E-state index in [9.17, 15) is 9.59 Å². The SMILES string of the molecule is COC(=O)c1cc(C=CC(=O)OC(C)(C)C)cc(N)c1C. The summed E-state index contributed by atoms with van der Waals surface area (Å²) in [5.74, 6) is -0.923. The molecule has 0 unspecified atom stereocenters. The summed E-state index contributed by atoms with van der Waals surface area (Å²) in [4.78, 5) is 23.3. The molecular formula is C16H21NO4. The summed E-state index contributed by atoms with van der Waals surface area (Å²) < 4.78 is 9.87. The van der Waals surface area contributed by atoms with Gasteiger partial charge in [-0.25, -0.2) is 9.59 Å². The zero-order valence-corrected chi connectivity index (χ0v) is 13.0. The Kier molecular flexibility index (Phi) is 5.13. The summed E-state index contributed by atoms with van der Waals surface area (Å²) in [6.45, 7) is 7.11. The maximum Gasteiger partial charge on any atom is 0.338 e. The molecule has 0 atom stereocenters. The third-order valence-electron chi connectivity index (χ3n) is 2.69. The van der Waals surface area contributed by atoms with Gasteiger partial charge in [0, 0.05) is 11.8 Å². The first-order chi connectivity index (χ1) is 9.64. The van der Waals surface area contributed by atoms with Crippen LogP contribution in [0.2, 0.25) is 0 Å². The number of anilines is 1. The van der Waals surface area contributed by atoms with Crippen molar-refractivity contribution in [3.8, 4) is 0 Å². The number of esters is 2. The molecule has 1 aromatic rings. The Morgan fingerprint density at radius 1 is 1.24 bits per heavy atom. The lowest BCUT2D eigenvalue weighted by atomic mass is 10.0. The number of hydrogen-bond acceptors (Lipinski definition) is 5. The molecule has 0 spiro atoms. The van der Waals surface area contributed by atoms with Crippen molar-refractivity contribution in [1.82, 2.24) is 0 Å². The fraction of sp³-hybridized carbons (Fsp3) is 0.375. The first-order valence-corrected chi connectivity index (χ1v) is 6.53. The van der Waals surface area contributed by atoms with E-state index in [1.165, 1.54) is 13.2 Å². The summed E-state index contributed by atoms with van der Waals surface area (Å²) >= 11 is 0. The molecule has 1 rings (SSSR count). The third kappa shape index (κ3) is 4.95. The van der Waals surface area contributed by atoms with Crippen LogP contribution in [0.25, 0.3) is 6.08 Å². The highest BCUT2D eigenvalue weighted by molar-refractivity contribution is 5.94. The second-order valence-electron chi connectivity index (χ2n) is 5.64. The number of carbonyl (C=O) groups excluding carboxylic acids is 2. The van der Waals surface area contributed by atoms with E-state index in [1.54, 1.807) is 45.9 Å². The van der Waals surface area contributed by atoms with E-state index in [-0.39, 0.29) is 0 Å². The van der Waals surface area contributed by atoms with E-state index in [2.05, 4.69) is 0 Å². The summed E-state index contributed by atoms with van der Waals surface area (Å²) in [6, 6.07) is 3.31. The van der Waals surface area contributed by atoms with E-state index in [0.717, 1.165) is 0 Å². The van der Waals surface area contributed by atoms with Gasteiger partial charge in [0.2, 0.25) is 0 Å². The van der Waals surface area contributed by atoms with Crippen LogP contribution in [0, 0.1) is 6.92 Å². The predicted octanol–water partition coefficient (Wildman–Crippen LogP) is 2.72. The number of carbonyl (C=O) groups is 2. The van der Waals surface area contributed by atoms with Crippen LogP contribution >= 0.6 is 0 Å². The van der Waals surface area contributed by atoms with Crippen LogP contribution in [0.1, 0.15) is 42.3 Å². The topological polar surface area (TPSA) is 78.6 Å². The minimum atomic E-state index is -0.551. The minimum absolute atomic E-state index is 0.376. The lowest BCUT2D eigenvalue weighted by molar-refractivity contribution is -0.148. The van der Waals surface area contributed by atoms with Gasteiger partial charge in [0.05, 0.1) is 12.7 Å². The van der Waals surface area contributed by atoms with Crippen LogP contribution in [-0.2, 0) is 14.3 Å². The molecule has 0 fully saturated rings. The van der Waals surface area contributed by atoms with Gasteiger partial charge in [-0.2, -0.15) is 0 Å². The highest BCUT2D eigenvalue weighted by Gasteiger charge is 2.15. The Labute approximate surface area is 124 Å². The highest BCUT2D eigenvalue weighted by atomic mass is 16.6. The first kappa shape index (κ1) is 16.8. The van der Waals surface area contributed by atoms with Gasteiger partial charge in [0.1, 0.15) is 5.60 Å². The first-order valence-electron chi connectivity index (χ1n) is 6.53. The van der Waals surface area contributed by atoms with Gasteiger partial charge < -0.3 is 15.2 Å². The number of nitrogen functional groups attached to an aromatic ring is 1. The van der Waals surface area contributed by atoms with Crippen molar-refractivity contribution in [1.29, 1.82) is 0 Å². The van der Waals surface area contributed by atoms with Crippen molar-refractivity contribution in [2.24, 2.45) is 0 Å². The van der Waals surface area contributed by atoms with Gasteiger partial charge in [-0.3, -0.25) is 0 Å². The van der Waals surface area contributed by atoms with Crippen molar-refractivity contribution < 1.29 is 19.1 Å². The van der Waals surface area contributed by atoms with Crippen molar-refractivity contribution in [2.75, 3.05) is 12.8 Å². The molecule has 5 heteroatoms. The number of benzene rings is 1. The monoisotopic (exact) mass is 291 g/mol. The van der Waals surface area contributed by atoms with E-state index in [4.69, 9.17) is 15.2 Å². The standard InChI is InChI=1S/C16H21NO4/c1-10-12(15(19)20-5)8-11(9-13(10)17)6-7-14(18)21-16(2,3)4/h6-9H,17H2,1-5H3. The van der Waals surface area contributed by atoms with Crippen LogP contribution in [0.3, 0.4) is 0 Å². The molecule has 0 saturated carbocycles. The average Bonchev–Trinajstić information content (AvgIpc) is 2.37. The maximum atomic E-state index is 11.7. The minimum Gasteiger partial charge on any atom is -0.465 e. The molecule has 114 valence electrons. The van der Waals surface area contributed by atoms with Gasteiger partial charge in [0.15, 0.2) is 0 Å². The van der Waals surface area contributed by atoms with Crippen LogP contribution in [0.4, 0.5) is 5.69 Å². The van der Waals surface area contributed by atoms with E-state index in [0.29, 0.717) is 22.4 Å².